The number of rotatable bonds is 7. The van der Waals surface area contributed by atoms with Gasteiger partial charge in [0.25, 0.3) is 0 Å². The first-order valence-electron chi connectivity index (χ1n) is 7.75. The highest BCUT2D eigenvalue weighted by atomic mass is 79.9. The van der Waals surface area contributed by atoms with Crippen LogP contribution < -0.4 is 4.74 Å². The van der Waals surface area contributed by atoms with Crippen molar-refractivity contribution in [3.05, 3.63) is 62.1 Å². The molecule has 0 heterocycles. The summed E-state index contributed by atoms with van der Waals surface area (Å²) < 4.78 is 6.20. The molecule has 0 aromatic heterocycles. The van der Waals surface area contributed by atoms with Gasteiger partial charge in [0.15, 0.2) is 5.78 Å². The summed E-state index contributed by atoms with van der Waals surface area (Å²) in [6, 6.07) is 8.06. The van der Waals surface area contributed by atoms with Crippen molar-refractivity contribution in [1.82, 2.24) is 0 Å². The van der Waals surface area contributed by atoms with Crippen molar-refractivity contribution in [2.24, 2.45) is 0 Å². The minimum atomic E-state index is -0.329. The van der Waals surface area contributed by atoms with Crippen LogP contribution in [0.2, 0.25) is 10.0 Å². The number of phenolic OH excluding ortho intramolecular Hbond substituents is 1. The molecule has 0 saturated carbocycles. The largest absolute Gasteiger partial charge is 0.507 e. The Kier molecular flexibility index (Phi) is 7.36. The van der Waals surface area contributed by atoms with Crippen molar-refractivity contribution in [3.63, 3.8) is 0 Å². The molecule has 6 heteroatoms. The van der Waals surface area contributed by atoms with Gasteiger partial charge in [-0.3, -0.25) is 4.79 Å². The number of carbonyl (C=O) groups excluding carboxylic acids is 1. The zero-order valence-electron chi connectivity index (χ0n) is 13.6. The summed E-state index contributed by atoms with van der Waals surface area (Å²) >= 11 is 15.2. The molecular weight excluding hydrogens is 427 g/mol. The normalized spacial score (nSPS) is 11.0. The summed E-state index contributed by atoms with van der Waals surface area (Å²) in [5, 5.41) is 11.0. The molecule has 0 bridgehead atoms. The Morgan fingerprint density at radius 2 is 2.00 bits per heavy atom. The predicted molar refractivity (Wildman–Crippen MR) is 106 cm³/mol. The molecule has 0 spiro atoms. The van der Waals surface area contributed by atoms with E-state index in [1.54, 1.807) is 30.3 Å². The van der Waals surface area contributed by atoms with Crippen LogP contribution in [0.4, 0.5) is 0 Å². The van der Waals surface area contributed by atoms with E-state index in [-0.39, 0.29) is 17.1 Å². The number of carbonyl (C=O) groups is 1. The van der Waals surface area contributed by atoms with Crippen LogP contribution in [0, 0.1) is 0 Å². The zero-order chi connectivity index (χ0) is 18.4. The molecule has 2 rings (SSSR count). The van der Waals surface area contributed by atoms with Crippen LogP contribution in [-0.4, -0.2) is 17.5 Å². The summed E-state index contributed by atoms with van der Waals surface area (Å²) in [5.41, 5.74) is 0.923. The minimum absolute atomic E-state index is 0.126. The Morgan fingerprint density at radius 1 is 1.24 bits per heavy atom. The lowest BCUT2D eigenvalue weighted by Gasteiger charge is -2.10. The minimum Gasteiger partial charge on any atom is -0.507 e. The van der Waals surface area contributed by atoms with E-state index in [1.165, 1.54) is 12.1 Å². The zero-order valence-corrected chi connectivity index (χ0v) is 16.7. The second-order valence-electron chi connectivity index (χ2n) is 5.37. The first-order valence-corrected chi connectivity index (χ1v) is 9.30. The van der Waals surface area contributed by atoms with Crippen molar-refractivity contribution in [1.29, 1.82) is 0 Å². The van der Waals surface area contributed by atoms with Crippen LogP contribution in [0.1, 0.15) is 35.7 Å². The highest BCUT2D eigenvalue weighted by molar-refractivity contribution is 9.10. The van der Waals surface area contributed by atoms with Gasteiger partial charge < -0.3 is 9.84 Å². The van der Waals surface area contributed by atoms with Gasteiger partial charge in [-0.15, -0.1) is 0 Å². The number of halogens is 3. The maximum Gasteiger partial charge on any atom is 0.189 e. The SMILES string of the molecule is CCCCOc1cc(O)c(C(=O)/C=C/c2ccc(Cl)c(Cl)c2)cc1Br. The van der Waals surface area contributed by atoms with Gasteiger partial charge in [-0.1, -0.05) is 48.7 Å². The van der Waals surface area contributed by atoms with Crippen molar-refractivity contribution in [2.75, 3.05) is 6.61 Å². The summed E-state index contributed by atoms with van der Waals surface area (Å²) in [5.74, 6) is 0.0545. The average molecular weight is 444 g/mol. The van der Waals surface area contributed by atoms with Gasteiger partial charge in [0.05, 0.1) is 26.7 Å². The number of allylic oxidation sites excluding steroid dienone is 1. The van der Waals surface area contributed by atoms with E-state index in [0.717, 1.165) is 18.4 Å². The molecule has 0 aliphatic heterocycles. The molecule has 1 N–H and O–H groups in total. The highest BCUT2D eigenvalue weighted by Gasteiger charge is 2.13. The Balaban J connectivity index is 2.17. The van der Waals surface area contributed by atoms with Gasteiger partial charge in [0.2, 0.25) is 0 Å². The Morgan fingerprint density at radius 3 is 2.68 bits per heavy atom. The molecule has 0 aliphatic rings. The van der Waals surface area contributed by atoms with E-state index in [2.05, 4.69) is 22.9 Å². The van der Waals surface area contributed by atoms with Gasteiger partial charge in [0.1, 0.15) is 11.5 Å². The number of ether oxygens (including phenoxy) is 1. The molecule has 0 amide bonds. The number of hydrogen-bond donors (Lipinski definition) is 1. The van der Waals surface area contributed by atoms with Gasteiger partial charge >= 0.3 is 0 Å². The molecule has 0 fully saturated rings. The molecule has 2 aromatic rings. The summed E-state index contributed by atoms with van der Waals surface area (Å²) in [7, 11) is 0. The first kappa shape index (κ1) is 19.8. The molecule has 25 heavy (non-hydrogen) atoms. The number of ketones is 1. The lowest BCUT2D eigenvalue weighted by atomic mass is 10.1. The van der Waals surface area contributed by atoms with E-state index in [1.807, 2.05) is 0 Å². The van der Waals surface area contributed by atoms with Crippen molar-refractivity contribution >= 4 is 51.0 Å². The second-order valence-corrected chi connectivity index (χ2v) is 7.04. The fourth-order valence-electron chi connectivity index (χ4n) is 2.05. The Hall–Kier alpha value is -1.49. The summed E-state index contributed by atoms with van der Waals surface area (Å²) in [4.78, 5) is 12.3. The number of hydrogen-bond acceptors (Lipinski definition) is 3. The van der Waals surface area contributed by atoms with Crippen LogP contribution in [0.5, 0.6) is 11.5 Å². The number of benzene rings is 2. The first-order chi connectivity index (χ1) is 11.9. The Bertz CT molecular complexity index is 803. The van der Waals surface area contributed by atoms with E-state index in [9.17, 15) is 9.90 Å². The van der Waals surface area contributed by atoms with Gasteiger partial charge in [0, 0.05) is 6.07 Å². The summed E-state index contributed by atoms with van der Waals surface area (Å²) in [6.45, 7) is 2.62. The van der Waals surface area contributed by atoms with Crippen molar-refractivity contribution < 1.29 is 14.6 Å². The van der Waals surface area contributed by atoms with E-state index in [0.29, 0.717) is 26.9 Å². The molecule has 0 radical (unpaired) electrons. The molecule has 3 nitrogen and oxygen atoms in total. The average Bonchev–Trinajstić information content (AvgIpc) is 2.58. The maximum atomic E-state index is 12.3. The third-order valence-electron chi connectivity index (χ3n) is 3.44. The van der Waals surface area contributed by atoms with Crippen LogP contribution in [0.3, 0.4) is 0 Å². The molecule has 132 valence electrons. The molecule has 0 unspecified atom stereocenters. The van der Waals surface area contributed by atoms with Crippen LogP contribution in [0.15, 0.2) is 40.9 Å². The monoisotopic (exact) mass is 442 g/mol. The molecule has 0 atom stereocenters. The van der Waals surface area contributed by atoms with E-state index < -0.39 is 0 Å². The third-order valence-corrected chi connectivity index (χ3v) is 4.80. The highest BCUT2D eigenvalue weighted by Crippen LogP contribution is 2.33. The fraction of sp³-hybridized carbons (Fsp3) is 0.211. The maximum absolute atomic E-state index is 12.3. The van der Waals surface area contributed by atoms with Crippen molar-refractivity contribution in [3.8, 4) is 11.5 Å². The van der Waals surface area contributed by atoms with Gasteiger partial charge in [-0.2, -0.15) is 0 Å². The quantitative estimate of drug-likeness (QED) is 0.300. The Labute approximate surface area is 165 Å². The number of unbranched alkanes of at least 4 members (excludes halogenated alkanes) is 1. The molecule has 2 aromatic carbocycles. The van der Waals surface area contributed by atoms with Gasteiger partial charge in [-0.05, 0) is 52.2 Å². The number of phenols is 1. The predicted octanol–water partition coefficient (Wildman–Crippen LogP) is 6.54. The van der Waals surface area contributed by atoms with Crippen LogP contribution in [0.25, 0.3) is 6.08 Å². The summed E-state index contributed by atoms with van der Waals surface area (Å²) in [6.07, 6.45) is 4.92. The molecule has 0 aliphatic carbocycles. The standard InChI is InChI=1S/C19H17BrCl2O3/c1-2-3-8-25-19-11-18(24)13(10-14(19)20)17(23)7-5-12-4-6-15(21)16(22)9-12/h4-7,9-11,24H,2-3,8H2,1H3/b7-5+. The second kappa shape index (κ2) is 9.27. The molecule has 0 saturated heterocycles. The lowest BCUT2D eigenvalue weighted by Crippen LogP contribution is -2.00. The fourth-order valence-corrected chi connectivity index (χ4v) is 2.82. The number of aromatic hydroxyl groups is 1. The third kappa shape index (κ3) is 5.50. The van der Waals surface area contributed by atoms with Crippen molar-refractivity contribution in [2.45, 2.75) is 19.8 Å². The smallest absolute Gasteiger partial charge is 0.189 e. The van der Waals surface area contributed by atoms with E-state index in [4.69, 9.17) is 27.9 Å². The molecular formula is C19H17BrCl2O3. The lowest BCUT2D eigenvalue weighted by molar-refractivity contribution is 0.104. The van der Waals surface area contributed by atoms with Crippen LogP contribution >= 0.6 is 39.1 Å². The van der Waals surface area contributed by atoms with Crippen LogP contribution in [-0.2, 0) is 0 Å². The van der Waals surface area contributed by atoms with E-state index >= 15 is 0 Å². The topological polar surface area (TPSA) is 46.5 Å². The van der Waals surface area contributed by atoms with Gasteiger partial charge in [-0.25, -0.2) is 0 Å².